The third-order valence-corrected chi connectivity index (χ3v) is 2.88. The standard InChI is InChI=1S/C15H29N7O/c1-14(2,3)19-11-16-12(20-15(4,5)6)18-13(17-11)21-22-7-9-23-10-8-22/h7-10H2,1-6H3,(H3,16,17,18,19,20,21). The number of morpholine rings is 1. The van der Waals surface area contributed by atoms with Gasteiger partial charge in [-0.3, -0.25) is 5.43 Å². The first-order valence-electron chi connectivity index (χ1n) is 8.03. The van der Waals surface area contributed by atoms with Crippen molar-refractivity contribution in [3.63, 3.8) is 0 Å². The third-order valence-electron chi connectivity index (χ3n) is 2.88. The number of aromatic nitrogens is 3. The summed E-state index contributed by atoms with van der Waals surface area (Å²) in [4.78, 5) is 13.4. The molecule has 1 aliphatic rings. The molecule has 0 aliphatic carbocycles. The number of nitrogens with zero attached hydrogens (tertiary/aromatic N) is 4. The van der Waals surface area contributed by atoms with Gasteiger partial charge in [0, 0.05) is 24.2 Å². The largest absolute Gasteiger partial charge is 0.379 e. The molecule has 0 bridgehead atoms. The van der Waals surface area contributed by atoms with Gasteiger partial charge in [-0.1, -0.05) is 0 Å². The lowest BCUT2D eigenvalue weighted by atomic mass is 10.1. The number of nitrogens with one attached hydrogen (secondary N) is 3. The van der Waals surface area contributed by atoms with Crippen LogP contribution in [0.3, 0.4) is 0 Å². The quantitative estimate of drug-likeness (QED) is 0.775. The number of hydrogen-bond donors (Lipinski definition) is 3. The Morgan fingerprint density at radius 1 is 0.783 bits per heavy atom. The van der Waals surface area contributed by atoms with Gasteiger partial charge in [-0.25, -0.2) is 5.01 Å². The van der Waals surface area contributed by atoms with Gasteiger partial charge >= 0.3 is 0 Å². The summed E-state index contributed by atoms with van der Waals surface area (Å²) in [7, 11) is 0. The zero-order valence-corrected chi connectivity index (χ0v) is 15.0. The van der Waals surface area contributed by atoms with E-state index in [1.54, 1.807) is 0 Å². The first-order chi connectivity index (χ1) is 10.6. The molecule has 8 heteroatoms. The van der Waals surface area contributed by atoms with Gasteiger partial charge in [-0.2, -0.15) is 15.0 Å². The number of hydrazine groups is 1. The van der Waals surface area contributed by atoms with Gasteiger partial charge in [0.2, 0.25) is 17.8 Å². The molecule has 1 aromatic rings. The molecule has 0 atom stereocenters. The van der Waals surface area contributed by atoms with E-state index in [4.69, 9.17) is 4.74 Å². The number of rotatable bonds is 4. The van der Waals surface area contributed by atoms with E-state index >= 15 is 0 Å². The van der Waals surface area contributed by atoms with E-state index in [1.165, 1.54) is 0 Å². The summed E-state index contributed by atoms with van der Waals surface area (Å²) in [5, 5.41) is 8.66. The van der Waals surface area contributed by atoms with Crippen molar-refractivity contribution in [2.24, 2.45) is 0 Å². The van der Waals surface area contributed by atoms with Gasteiger partial charge < -0.3 is 15.4 Å². The number of hydrogen-bond acceptors (Lipinski definition) is 8. The Labute approximate surface area is 138 Å². The van der Waals surface area contributed by atoms with E-state index in [9.17, 15) is 0 Å². The lowest BCUT2D eigenvalue weighted by molar-refractivity contribution is 0.0492. The van der Waals surface area contributed by atoms with E-state index in [2.05, 4.69) is 77.6 Å². The highest BCUT2D eigenvalue weighted by molar-refractivity contribution is 5.43. The minimum Gasteiger partial charge on any atom is -0.379 e. The fourth-order valence-corrected chi connectivity index (χ4v) is 2.03. The Morgan fingerprint density at radius 2 is 1.22 bits per heavy atom. The van der Waals surface area contributed by atoms with Crippen molar-refractivity contribution < 1.29 is 4.74 Å². The average Bonchev–Trinajstić information content (AvgIpc) is 2.35. The molecule has 1 saturated heterocycles. The SMILES string of the molecule is CC(C)(C)Nc1nc(NN2CCOCC2)nc(NC(C)(C)C)n1. The fourth-order valence-electron chi connectivity index (χ4n) is 2.03. The molecular weight excluding hydrogens is 294 g/mol. The van der Waals surface area contributed by atoms with Gasteiger partial charge in [-0.15, -0.1) is 0 Å². The van der Waals surface area contributed by atoms with Gasteiger partial charge in [0.1, 0.15) is 0 Å². The predicted octanol–water partition coefficient (Wildman–Crippen LogP) is 1.95. The smallest absolute Gasteiger partial charge is 0.244 e. The highest BCUT2D eigenvalue weighted by Gasteiger charge is 2.18. The monoisotopic (exact) mass is 323 g/mol. The van der Waals surface area contributed by atoms with E-state index in [0.29, 0.717) is 31.1 Å². The van der Waals surface area contributed by atoms with E-state index in [-0.39, 0.29) is 11.1 Å². The molecule has 130 valence electrons. The van der Waals surface area contributed by atoms with Crippen molar-refractivity contribution in [2.45, 2.75) is 52.6 Å². The van der Waals surface area contributed by atoms with Crippen LogP contribution in [0, 0.1) is 0 Å². The molecule has 0 amide bonds. The van der Waals surface area contributed by atoms with Crippen molar-refractivity contribution in [1.29, 1.82) is 0 Å². The van der Waals surface area contributed by atoms with Gasteiger partial charge in [-0.05, 0) is 41.5 Å². The van der Waals surface area contributed by atoms with E-state index < -0.39 is 0 Å². The molecule has 1 aliphatic heterocycles. The maximum absolute atomic E-state index is 5.36. The summed E-state index contributed by atoms with van der Waals surface area (Å²) in [5.41, 5.74) is 2.99. The summed E-state index contributed by atoms with van der Waals surface area (Å²) < 4.78 is 5.36. The Kier molecular flexibility index (Phi) is 5.26. The molecule has 1 aromatic heterocycles. The summed E-state index contributed by atoms with van der Waals surface area (Å²) in [5.74, 6) is 1.63. The van der Waals surface area contributed by atoms with Crippen LogP contribution >= 0.6 is 0 Å². The molecule has 0 radical (unpaired) electrons. The maximum Gasteiger partial charge on any atom is 0.244 e. The van der Waals surface area contributed by atoms with Crippen LogP contribution in [0.1, 0.15) is 41.5 Å². The van der Waals surface area contributed by atoms with Crippen LogP contribution in [0.2, 0.25) is 0 Å². The topological polar surface area (TPSA) is 87.2 Å². The number of ether oxygens (including phenoxy) is 1. The van der Waals surface area contributed by atoms with Gasteiger partial charge in [0.15, 0.2) is 0 Å². The maximum atomic E-state index is 5.36. The average molecular weight is 323 g/mol. The van der Waals surface area contributed by atoms with Crippen LogP contribution in [0.4, 0.5) is 17.8 Å². The van der Waals surface area contributed by atoms with Crippen LogP contribution in [-0.2, 0) is 4.74 Å². The highest BCUT2D eigenvalue weighted by Crippen LogP contribution is 2.17. The molecular formula is C15H29N7O. The minimum absolute atomic E-state index is 0.128. The molecule has 0 unspecified atom stereocenters. The summed E-state index contributed by atoms with van der Waals surface area (Å²) in [6.45, 7) is 15.4. The molecule has 2 rings (SSSR count). The minimum atomic E-state index is -0.128. The normalized spacial score (nSPS) is 17.0. The molecule has 0 saturated carbocycles. The second-order valence-electron chi connectivity index (χ2n) is 7.77. The Balaban J connectivity index is 2.20. The lowest BCUT2D eigenvalue weighted by Crippen LogP contribution is -2.41. The predicted molar refractivity (Wildman–Crippen MR) is 92.6 cm³/mol. The molecule has 3 N–H and O–H groups in total. The second kappa shape index (κ2) is 6.84. The first-order valence-corrected chi connectivity index (χ1v) is 8.03. The second-order valence-corrected chi connectivity index (χ2v) is 7.77. The van der Waals surface area contributed by atoms with Gasteiger partial charge in [0.25, 0.3) is 0 Å². The molecule has 2 heterocycles. The molecule has 0 aromatic carbocycles. The van der Waals surface area contributed by atoms with Crippen LogP contribution in [-0.4, -0.2) is 57.3 Å². The first kappa shape index (κ1) is 17.7. The summed E-state index contributed by atoms with van der Waals surface area (Å²) in [6.07, 6.45) is 0. The number of anilines is 3. The Morgan fingerprint density at radius 3 is 1.65 bits per heavy atom. The lowest BCUT2D eigenvalue weighted by Gasteiger charge is -2.28. The van der Waals surface area contributed by atoms with Crippen molar-refractivity contribution in [2.75, 3.05) is 42.4 Å². The van der Waals surface area contributed by atoms with Crippen molar-refractivity contribution >= 4 is 17.8 Å². The fraction of sp³-hybridized carbons (Fsp3) is 0.800. The summed E-state index contributed by atoms with van der Waals surface area (Å²) >= 11 is 0. The molecule has 0 spiro atoms. The van der Waals surface area contributed by atoms with Crippen LogP contribution in [0.25, 0.3) is 0 Å². The Bertz CT molecular complexity index is 481. The van der Waals surface area contributed by atoms with Crippen LogP contribution in [0.5, 0.6) is 0 Å². The van der Waals surface area contributed by atoms with E-state index in [0.717, 1.165) is 13.1 Å². The van der Waals surface area contributed by atoms with Crippen LogP contribution in [0.15, 0.2) is 0 Å². The molecule has 1 fully saturated rings. The van der Waals surface area contributed by atoms with Crippen molar-refractivity contribution in [3.8, 4) is 0 Å². The van der Waals surface area contributed by atoms with Crippen molar-refractivity contribution in [1.82, 2.24) is 20.0 Å². The zero-order chi connectivity index (χ0) is 17.1. The Hall–Kier alpha value is -1.67. The molecule has 23 heavy (non-hydrogen) atoms. The van der Waals surface area contributed by atoms with E-state index in [1.807, 2.05) is 0 Å². The zero-order valence-electron chi connectivity index (χ0n) is 15.0. The third kappa shape index (κ3) is 6.54. The highest BCUT2D eigenvalue weighted by atomic mass is 16.5. The van der Waals surface area contributed by atoms with Gasteiger partial charge in [0.05, 0.1) is 13.2 Å². The summed E-state index contributed by atoms with van der Waals surface area (Å²) in [6, 6.07) is 0. The van der Waals surface area contributed by atoms with Crippen LogP contribution < -0.4 is 16.1 Å². The van der Waals surface area contributed by atoms with Crippen molar-refractivity contribution in [3.05, 3.63) is 0 Å². The molecule has 8 nitrogen and oxygen atoms in total.